The molecule has 1 fully saturated rings. The Morgan fingerprint density at radius 3 is 2.75 bits per heavy atom. The van der Waals surface area contributed by atoms with Crippen molar-refractivity contribution in [3.63, 3.8) is 0 Å². The molecule has 7 heteroatoms. The van der Waals surface area contributed by atoms with Gasteiger partial charge in [-0.2, -0.15) is 0 Å². The van der Waals surface area contributed by atoms with Crippen molar-refractivity contribution in [2.24, 2.45) is 7.05 Å². The minimum Gasteiger partial charge on any atom is -0.480 e. The zero-order chi connectivity index (χ0) is 14.9. The van der Waals surface area contributed by atoms with E-state index in [2.05, 4.69) is 15.5 Å². The first-order valence-electron chi connectivity index (χ1n) is 6.88. The number of hydrogen-bond acceptors (Lipinski definition) is 5. The van der Waals surface area contributed by atoms with Gasteiger partial charge in [0.05, 0.1) is 0 Å². The second kappa shape index (κ2) is 5.73. The number of aromatic nitrogens is 3. The van der Waals surface area contributed by atoms with E-state index in [1.54, 1.807) is 11.8 Å². The van der Waals surface area contributed by atoms with Crippen LogP contribution in [-0.2, 0) is 11.8 Å². The van der Waals surface area contributed by atoms with Gasteiger partial charge in [-0.25, -0.2) is 0 Å². The minimum atomic E-state index is -0.792. The van der Waals surface area contributed by atoms with Crippen molar-refractivity contribution in [3.05, 3.63) is 5.82 Å². The summed E-state index contributed by atoms with van der Waals surface area (Å²) in [5, 5.41) is 22.1. The van der Waals surface area contributed by atoms with Crippen LogP contribution in [-0.4, -0.2) is 42.7 Å². The van der Waals surface area contributed by atoms with Crippen LogP contribution in [0.3, 0.4) is 0 Å². The third kappa shape index (κ3) is 2.98. The molecule has 0 radical (unpaired) electrons. The topological polar surface area (TPSA) is 80.0 Å². The van der Waals surface area contributed by atoms with Crippen molar-refractivity contribution in [1.29, 1.82) is 0 Å². The second-order valence-corrected chi connectivity index (χ2v) is 7.03. The van der Waals surface area contributed by atoms with E-state index in [0.717, 1.165) is 17.4 Å². The molecule has 0 bridgehead atoms. The molecule has 2 rings (SSSR count). The van der Waals surface area contributed by atoms with Gasteiger partial charge in [-0.1, -0.05) is 11.8 Å². The molecule has 112 valence electrons. The summed E-state index contributed by atoms with van der Waals surface area (Å²) in [5.74, 6) is 0.124. The van der Waals surface area contributed by atoms with Gasteiger partial charge in [0.1, 0.15) is 11.4 Å². The molecule has 1 aromatic rings. The lowest BCUT2D eigenvalue weighted by Crippen LogP contribution is -2.53. The van der Waals surface area contributed by atoms with Gasteiger partial charge in [-0.05, 0) is 40.0 Å². The van der Waals surface area contributed by atoms with Crippen molar-refractivity contribution in [2.75, 3.05) is 0 Å². The minimum absolute atomic E-state index is 0.159. The molecule has 0 aromatic carbocycles. The Morgan fingerprint density at radius 2 is 2.25 bits per heavy atom. The predicted octanol–water partition coefficient (Wildman–Crippen LogP) is 1.59. The van der Waals surface area contributed by atoms with Crippen LogP contribution >= 0.6 is 11.8 Å². The van der Waals surface area contributed by atoms with E-state index in [-0.39, 0.29) is 11.3 Å². The molecule has 6 nitrogen and oxygen atoms in total. The summed E-state index contributed by atoms with van der Waals surface area (Å²) < 4.78 is 1.95. The number of nitrogens with zero attached hydrogens (tertiary/aromatic N) is 3. The number of carbonyl (C=O) groups is 1. The zero-order valence-corrected chi connectivity index (χ0v) is 13.2. The highest BCUT2D eigenvalue weighted by Crippen LogP contribution is 2.40. The average molecular weight is 298 g/mol. The van der Waals surface area contributed by atoms with Crippen LogP contribution in [0.5, 0.6) is 0 Å². The second-order valence-electron chi connectivity index (χ2n) is 5.76. The van der Waals surface area contributed by atoms with E-state index in [1.807, 2.05) is 32.4 Å². The van der Waals surface area contributed by atoms with E-state index >= 15 is 0 Å². The van der Waals surface area contributed by atoms with Gasteiger partial charge in [0.2, 0.25) is 0 Å². The number of nitrogens with one attached hydrogen (secondary N) is 1. The van der Waals surface area contributed by atoms with Crippen LogP contribution in [0.4, 0.5) is 0 Å². The molecule has 0 spiro atoms. The van der Waals surface area contributed by atoms with Crippen molar-refractivity contribution in [1.82, 2.24) is 20.1 Å². The number of carboxylic acids is 1. The number of hydrogen-bond donors (Lipinski definition) is 2. The van der Waals surface area contributed by atoms with E-state index in [1.165, 1.54) is 0 Å². The van der Waals surface area contributed by atoms with Gasteiger partial charge < -0.3 is 9.67 Å². The molecule has 0 saturated heterocycles. The Bertz CT molecular complexity index is 503. The maximum atomic E-state index is 11.6. The molecule has 2 unspecified atom stereocenters. The summed E-state index contributed by atoms with van der Waals surface area (Å²) in [5.41, 5.74) is -0.792. The number of rotatable bonds is 5. The molecule has 0 amide bonds. The van der Waals surface area contributed by atoms with Crippen LogP contribution < -0.4 is 5.32 Å². The Labute approximate surface area is 123 Å². The molecule has 2 N–H and O–H groups in total. The smallest absolute Gasteiger partial charge is 0.323 e. The maximum absolute atomic E-state index is 11.6. The SMILES string of the molecule is Cc1nnc(SC2CCC(NC(C)C)(C(=O)O)C2)n1C. The molecule has 2 atom stereocenters. The molecular formula is C13H22N4O2S. The summed E-state index contributed by atoms with van der Waals surface area (Å²) in [4.78, 5) is 11.6. The fourth-order valence-corrected chi connectivity index (χ4v) is 3.96. The molecule has 1 heterocycles. The largest absolute Gasteiger partial charge is 0.480 e. The van der Waals surface area contributed by atoms with E-state index in [9.17, 15) is 9.90 Å². The lowest BCUT2D eigenvalue weighted by atomic mass is 9.97. The highest BCUT2D eigenvalue weighted by atomic mass is 32.2. The number of carboxylic acid groups (broad SMARTS) is 1. The fourth-order valence-electron chi connectivity index (χ4n) is 2.68. The van der Waals surface area contributed by atoms with Crippen molar-refractivity contribution >= 4 is 17.7 Å². The van der Waals surface area contributed by atoms with Gasteiger partial charge in [0.25, 0.3) is 0 Å². The quantitative estimate of drug-likeness (QED) is 0.859. The molecule has 1 aliphatic rings. The normalized spacial score (nSPS) is 26.4. The Hall–Kier alpha value is -1.08. The highest BCUT2D eigenvalue weighted by molar-refractivity contribution is 7.99. The first-order valence-corrected chi connectivity index (χ1v) is 7.76. The summed E-state index contributed by atoms with van der Waals surface area (Å²) in [6, 6.07) is 0.159. The van der Waals surface area contributed by atoms with Crippen LogP contribution in [0.2, 0.25) is 0 Å². The number of aliphatic carboxylic acids is 1. The monoisotopic (exact) mass is 298 g/mol. The van der Waals surface area contributed by atoms with Crippen molar-refractivity contribution < 1.29 is 9.90 Å². The highest BCUT2D eigenvalue weighted by Gasteiger charge is 2.46. The van der Waals surface area contributed by atoms with Gasteiger partial charge in [-0.15, -0.1) is 10.2 Å². The number of aryl methyl sites for hydroxylation is 1. The number of thioether (sulfide) groups is 1. The predicted molar refractivity (Wildman–Crippen MR) is 77.9 cm³/mol. The van der Waals surface area contributed by atoms with Crippen LogP contribution in [0, 0.1) is 6.92 Å². The lowest BCUT2D eigenvalue weighted by Gasteiger charge is -2.28. The van der Waals surface area contributed by atoms with Gasteiger partial charge in [-0.3, -0.25) is 10.1 Å². The third-order valence-electron chi connectivity index (χ3n) is 3.77. The summed E-state index contributed by atoms with van der Waals surface area (Å²) in [6.07, 6.45) is 2.16. The fraction of sp³-hybridized carbons (Fsp3) is 0.769. The summed E-state index contributed by atoms with van der Waals surface area (Å²) >= 11 is 1.63. The molecule has 1 saturated carbocycles. The zero-order valence-electron chi connectivity index (χ0n) is 12.4. The van der Waals surface area contributed by atoms with Gasteiger partial charge in [0, 0.05) is 18.3 Å². The van der Waals surface area contributed by atoms with E-state index < -0.39 is 11.5 Å². The van der Waals surface area contributed by atoms with Crippen molar-refractivity contribution in [2.45, 2.75) is 62.0 Å². The first-order chi connectivity index (χ1) is 9.34. The summed E-state index contributed by atoms with van der Waals surface area (Å²) in [7, 11) is 1.93. The standard InChI is InChI=1S/C13H22N4O2S/c1-8(2)14-13(11(18)19)6-5-10(7-13)20-12-16-15-9(3)17(12)4/h8,10,14H,5-7H2,1-4H3,(H,18,19). The van der Waals surface area contributed by atoms with Gasteiger partial charge in [0.15, 0.2) is 5.16 Å². The van der Waals surface area contributed by atoms with Crippen LogP contribution in [0.15, 0.2) is 5.16 Å². The van der Waals surface area contributed by atoms with Crippen LogP contribution in [0.1, 0.15) is 38.9 Å². The molecule has 0 aliphatic heterocycles. The third-order valence-corrected chi connectivity index (χ3v) is 5.07. The Balaban J connectivity index is 2.07. The molecular weight excluding hydrogens is 276 g/mol. The lowest BCUT2D eigenvalue weighted by molar-refractivity contribution is -0.145. The molecule has 20 heavy (non-hydrogen) atoms. The Kier molecular flexibility index (Phi) is 4.39. The average Bonchev–Trinajstić information content (AvgIpc) is 2.89. The van der Waals surface area contributed by atoms with E-state index in [4.69, 9.17) is 0 Å². The Morgan fingerprint density at radius 1 is 1.55 bits per heavy atom. The molecule has 1 aliphatic carbocycles. The maximum Gasteiger partial charge on any atom is 0.323 e. The van der Waals surface area contributed by atoms with Crippen molar-refractivity contribution in [3.8, 4) is 0 Å². The van der Waals surface area contributed by atoms with Gasteiger partial charge >= 0.3 is 5.97 Å². The van der Waals surface area contributed by atoms with Crippen LogP contribution in [0.25, 0.3) is 0 Å². The van der Waals surface area contributed by atoms with E-state index in [0.29, 0.717) is 12.8 Å². The molecule has 1 aromatic heterocycles. The first kappa shape index (κ1) is 15.3. The summed E-state index contributed by atoms with van der Waals surface area (Å²) in [6.45, 7) is 5.88.